The van der Waals surface area contributed by atoms with Crippen LogP contribution in [-0.2, 0) is 14.3 Å². The van der Waals surface area contributed by atoms with Crippen LogP contribution in [0, 0.1) is 0 Å². The molecule has 0 aliphatic carbocycles. The number of amides is 3. The highest BCUT2D eigenvalue weighted by Gasteiger charge is 2.37. The third-order valence-corrected chi connectivity index (χ3v) is 5.13. The van der Waals surface area contributed by atoms with Crippen molar-refractivity contribution in [3.63, 3.8) is 0 Å². The lowest BCUT2D eigenvalue weighted by Gasteiger charge is -2.37. The number of benzene rings is 1. The Kier molecular flexibility index (Phi) is 11.1. The van der Waals surface area contributed by atoms with Gasteiger partial charge in [-0.25, -0.2) is 4.79 Å². The van der Waals surface area contributed by atoms with Crippen LogP contribution in [0.1, 0.15) is 66.5 Å². The van der Waals surface area contributed by atoms with E-state index in [1.165, 1.54) is 0 Å². The van der Waals surface area contributed by atoms with Gasteiger partial charge in [0.1, 0.15) is 17.7 Å². The maximum Gasteiger partial charge on any atom is 0.408 e. The Morgan fingerprint density at radius 1 is 1.03 bits per heavy atom. The molecule has 0 aliphatic heterocycles. The first kappa shape index (κ1) is 27.8. The second-order valence-electron chi connectivity index (χ2n) is 9.30. The molecule has 1 aromatic carbocycles. The van der Waals surface area contributed by atoms with Gasteiger partial charge >= 0.3 is 6.09 Å². The zero-order chi connectivity index (χ0) is 24.5. The number of alkyl carbamates (subject to hydrolysis) is 1. The van der Waals surface area contributed by atoms with Gasteiger partial charge in [0.25, 0.3) is 0 Å². The molecule has 0 saturated carbocycles. The van der Waals surface area contributed by atoms with Crippen molar-refractivity contribution in [2.75, 3.05) is 12.0 Å². The molecule has 0 spiro atoms. The van der Waals surface area contributed by atoms with Gasteiger partial charge in [-0.3, -0.25) is 9.59 Å². The summed E-state index contributed by atoms with van der Waals surface area (Å²) >= 11 is 1.59. The summed E-state index contributed by atoms with van der Waals surface area (Å²) in [7, 11) is 0. The van der Waals surface area contributed by atoms with Crippen LogP contribution in [0.3, 0.4) is 0 Å². The molecule has 0 fully saturated rings. The number of ether oxygens (including phenoxy) is 1. The lowest BCUT2D eigenvalue weighted by atomic mass is 10.0. The van der Waals surface area contributed by atoms with E-state index in [1.54, 1.807) is 37.4 Å². The first-order valence-corrected chi connectivity index (χ1v) is 12.4. The predicted octanol–water partition coefficient (Wildman–Crippen LogP) is 4.14. The number of hydrogen-bond acceptors (Lipinski definition) is 5. The molecule has 0 heterocycles. The van der Waals surface area contributed by atoms with Crippen LogP contribution in [0.25, 0.3) is 0 Å². The molecule has 0 saturated heterocycles. The number of hydrogen-bond donors (Lipinski definition) is 2. The highest BCUT2D eigenvalue weighted by Crippen LogP contribution is 2.25. The monoisotopic (exact) mass is 465 g/mol. The van der Waals surface area contributed by atoms with E-state index in [0.717, 1.165) is 0 Å². The molecule has 1 aromatic rings. The standard InChI is InChI=1S/C24H39N3O4S/c1-16(2)25-21(28)20(18-12-10-9-11-13-18)27(17(3)4)22(29)19(14-15-32-8)26-23(30)31-24(5,6)7/h9-13,16-17,19-20H,14-15H2,1-8H3,(H,25,28)(H,26,30). The molecular weight excluding hydrogens is 426 g/mol. The maximum absolute atomic E-state index is 13.8. The summed E-state index contributed by atoms with van der Waals surface area (Å²) in [5.74, 6) is 0.105. The topological polar surface area (TPSA) is 87.7 Å². The average molecular weight is 466 g/mol. The number of nitrogens with one attached hydrogen (secondary N) is 2. The first-order valence-electron chi connectivity index (χ1n) is 11.0. The smallest absolute Gasteiger partial charge is 0.408 e. The molecule has 7 nitrogen and oxygen atoms in total. The van der Waals surface area contributed by atoms with E-state index in [2.05, 4.69) is 10.6 Å². The number of rotatable bonds is 10. The van der Waals surface area contributed by atoms with Gasteiger partial charge in [-0.1, -0.05) is 30.3 Å². The fourth-order valence-electron chi connectivity index (χ4n) is 3.24. The Morgan fingerprint density at radius 3 is 2.09 bits per heavy atom. The van der Waals surface area contributed by atoms with E-state index < -0.39 is 23.8 Å². The molecule has 2 unspecified atom stereocenters. The number of thioether (sulfide) groups is 1. The fourth-order valence-corrected chi connectivity index (χ4v) is 3.71. The SMILES string of the molecule is CSCCC(NC(=O)OC(C)(C)C)C(=O)N(C(C)C)C(C(=O)NC(C)C)c1ccccc1. The molecule has 2 N–H and O–H groups in total. The van der Waals surface area contributed by atoms with Crippen molar-refractivity contribution in [3.05, 3.63) is 35.9 Å². The van der Waals surface area contributed by atoms with Gasteiger partial charge in [-0.15, -0.1) is 0 Å². The minimum atomic E-state index is -0.816. The molecule has 32 heavy (non-hydrogen) atoms. The number of carbonyl (C=O) groups excluding carboxylic acids is 3. The summed E-state index contributed by atoms with van der Waals surface area (Å²) in [4.78, 5) is 41.0. The lowest BCUT2D eigenvalue weighted by molar-refractivity contribution is -0.144. The lowest BCUT2D eigenvalue weighted by Crippen LogP contribution is -2.55. The summed E-state index contributed by atoms with van der Waals surface area (Å²) in [6.07, 6.45) is 1.72. The second kappa shape index (κ2) is 12.7. The summed E-state index contributed by atoms with van der Waals surface area (Å²) in [5, 5.41) is 5.67. The zero-order valence-corrected chi connectivity index (χ0v) is 21.4. The van der Waals surface area contributed by atoms with Crippen molar-refractivity contribution in [2.24, 2.45) is 0 Å². The third-order valence-electron chi connectivity index (χ3n) is 4.48. The maximum atomic E-state index is 13.8. The van der Waals surface area contributed by atoms with Crippen molar-refractivity contribution in [3.8, 4) is 0 Å². The van der Waals surface area contributed by atoms with E-state index in [0.29, 0.717) is 17.7 Å². The van der Waals surface area contributed by atoms with Crippen LogP contribution in [0.4, 0.5) is 4.79 Å². The van der Waals surface area contributed by atoms with Crippen LogP contribution < -0.4 is 10.6 Å². The molecule has 180 valence electrons. The van der Waals surface area contributed by atoms with Gasteiger partial charge < -0.3 is 20.3 Å². The Bertz CT molecular complexity index is 747. The molecule has 0 radical (unpaired) electrons. The number of nitrogens with zero attached hydrogens (tertiary/aromatic N) is 1. The second-order valence-corrected chi connectivity index (χ2v) is 10.3. The van der Waals surface area contributed by atoms with Crippen molar-refractivity contribution in [1.29, 1.82) is 0 Å². The van der Waals surface area contributed by atoms with E-state index in [4.69, 9.17) is 4.74 Å². The highest BCUT2D eigenvalue weighted by molar-refractivity contribution is 7.98. The Labute approximate surface area is 197 Å². The largest absolute Gasteiger partial charge is 0.444 e. The zero-order valence-electron chi connectivity index (χ0n) is 20.6. The number of carbonyl (C=O) groups is 3. The van der Waals surface area contributed by atoms with E-state index in [-0.39, 0.29) is 23.9 Å². The summed E-state index contributed by atoms with van der Waals surface area (Å²) in [6.45, 7) is 12.8. The quantitative estimate of drug-likeness (QED) is 0.542. The van der Waals surface area contributed by atoms with Gasteiger partial charge in [-0.05, 0) is 72.5 Å². The van der Waals surface area contributed by atoms with Crippen LogP contribution in [0.5, 0.6) is 0 Å². The van der Waals surface area contributed by atoms with Crippen molar-refractivity contribution >= 4 is 29.7 Å². The molecule has 8 heteroatoms. The molecule has 0 bridgehead atoms. The van der Waals surface area contributed by atoms with Gasteiger partial charge in [0.05, 0.1) is 0 Å². The van der Waals surface area contributed by atoms with Gasteiger partial charge in [-0.2, -0.15) is 11.8 Å². The van der Waals surface area contributed by atoms with Crippen molar-refractivity contribution < 1.29 is 19.1 Å². The van der Waals surface area contributed by atoms with E-state index >= 15 is 0 Å². The molecule has 0 aromatic heterocycles. The minimum absolute atomic E-state index is 0.0787. The van der Waals surface area contributed by atoms with Crippen molar-refractivity contribution in [1.82, 2.24) is 15.5 Å². The van der Waals surface area contributed by atoms with Crippen molar-refractivity contribution in [2.45, 2.75) is 84.7 Å². The molecule has 0 aliphatic rings. The van der Waals surface area contributed by atoms with Crippen LogP contribution >= 0.6 is 11.8 Å². The molecule has 3 amide bonds. The van der Waals surface area contributed by atoms with E-state index in [1.807, 2.05) is 64.3 Å². The van der Waals surface area contributed by atoms with Gasteiger partial charge in [0.15, 0.2) is 0 Å². The van der Waals surface area contributed by atoms with Crippen LogP contribution in [0.15, 0.2) is 30.3 Å². The van der Waals surface area contributed by atoms with Gasteiger partial charge in [0.2, 0.25) is 11.8 Å². The third kappa shape index (κ3) is 9.10. The van der Waals surface area contributed by atoms with Gasteiger partial charge in [0, 0.05) is 12.1 Å². The average Bonchev–Trinajstić information content (AvgIpc) is 2.67. The van der Waals surface area contributed by atoms with Crippen LogP contribution in [0.2, 0.25) is 0 Å². The first-order chi connectivity index (χ1) is 14.9. The summed E-state index contributed by atoms with van der Waals surface area (Å²) in [5.41, 5.74) is 0.0344. The Balaban J connectivity index is 3.34. The Hall–Kier alpha value is -2.22. The minimum Gasteiger partial charge on any atom is -0.444 e. The molecule has 2 atom stereocenters. The Morgan fingerprint density at radius 2 is 1.62 bits per heavy atom. The molecule has 1 rings (SSSR count). The summed E-state index contributed by atoms with van der Waals surface area (Å²) in [6, 6.07) is 7.26. The summed E-state index contributed by atoms with van der Waals surface area (Å²) < 4.78 is 5.38. The normalized spacial score (nSPS) is 13.4. The highest BCUT2D eigenvalue weighted by atomic mass is 32.2. The predicted molar refractivity (Wildman–Crippen MR) is 131 cm³/mol. The fraction of sp³-hybridized carbons (Fsp3) is 0.625. The van der Waals surface area contributed by atoms with E-state index in [9.17, 15) is 14.4 Å². The molecular formula is C24H39N3O4S. The van der Waals surface area contributed by atoms with Crippen LogP contribution in [-0.4, -0.2) is 58.5 Å².